The molecule has 7 N–H and O–H groups in total. The van der Waals surface area contributed by atoms with E-state index in [4.69, 9.17) is 16.9 Å². The molecule has 0 atom stereocenters. The zero-order valence-corrected chi connectivity index (χ0v) is 18.1. The first kappa shape index (κ1) is 21.4. The lowest BCUT2D eigenvalue weighted by Gasteiger charge is -2.13. The van der Waals surface area contributed by atoms with E-state index in [0.29, 0.717) is 16.5 Å². The Labute approximate surface area is 193 Å². The third-order valence-electron chi connectivity index (χ3n) is 6.40. The second kappa shape index (κ2) is 7.87. The van der Waals surface area contributed by atoms with Gasteiger partial charge in [0.25, 0.3) is 5.56 Å². The summed E-state index contributed by atoms with van der Waals surface area (Å²) in [5, 5.41) is 18.4. The summed E-state index contributed by atoms with van der Waals surface area (Å²) in [7, 11) is 0. The van der Waals surface area contributed by atoms with Crippen molar-refractivity contribution in [1.29, 1.82) is 5.41 Å². The van der Waals surface area contributed by atoms with Crippen LogP contribution in [0.25, 0.3) is 22.0 Å². The molecule has 0 amide bonds. The standard InChI is InChI=1S/C25H22FN5O3/c26-18-10-16(23(28)29)19(27)8-14(18)11-31-20-9-13-4-1-3-12(13)7-17(20)21(22(31)25(33)34)15-5-2-6-30-24(15)32/h2,5-10H,1,3-4,11,27H2,(H3,28,29)(H,30,32)(H,33,34). The lowest BCUT2D eigenvalue weighted by Crippen LogP contribution is -2.16. The number of anilines is 1. The average molecular weight is 459 g/mol. The number of pyridine rings is 1. The molecule has 8 nitrogen and oxygen atoms in total. The third kappa shape index (κ3) is 3.33. The number of carbonyl (C=O) groups is 1. The van der Waals surface area contributed by atoms with E-state index in [1.165, 1.54) is 16.8 Å². The number of aromatic carboxylic acids is 1. The summed E-state index contributed by atoms with van der Waals surface area (Å²) in [6.45, 7) is -0.129. The van der Waals surface area contributed by atoms with Gasteiger partial charge in [-0.15, -0.1) is 0 Å². The minimum Gasteiger partial charge on any atom is -0.477 e. The van der Waals surface area contributed by atoms with Crippen molar-refractivity contribution in [3.05, 3.63) is 86.7 Å². The van der Waals surface area contributed by atoms with Gasteiger partial charge in [-0.3, -0.25) is 10.2 Å². The van der Waals surface area contributed by atoms with Crippen LogP contribution in [0, 0.1) is 11.2 Å². The summed E-state index contributed by atoms with van der Waals surface area (Å²) < 4.78 is 16.5. The summed E-state index contributed by atoms with van der Waals surface area (Å²) in [6, 6.07) is 9.56. The van der Waals surface area contributed by atoms with Crippen LogP contribution in [0.4, 0.5) is 10.1 Å². The van der Waals surface area contributed by atoms with Gasteiger partial charge >= 0.3 is 5.97 Å². The molecule has 5 rings (SSSR count). The van der Waals surface area contributed by atoms with Crippen LogP contribution in [-0.2, 0) is 19.4 Å². The number of benzene rings is 2. The molecule has 0 saturated heterocycles. The van der Waals surface area contributed by atoms with Crippen molar-refractivity contribution < 1.29 is 14.3 Å². The summed E-state index contributed by atoms with van der Waals surface area (Å²) in [6.07, 6.45) is 4.22. The molecule has 0 fully saturated rings. The number of carboxylic acid groups (broad SMARTS) is 1. The number of halogens is 1. The van der Waals surface area contributed by atoms with Gasteiger partial charge in [0, 0.05) is 45.0 Å². The van der Waals surface area contributed by atoms with Gasteiger partial charge in [0.15, 0.2) is 0 Å². The zero-order chi connectivity index (χ0) is 24.1. The van der Waals surface area contributed by atoms with Gasteiger partial charge in [-0.05, 0) is 66.8 Å². The first-order valence-electron chi connectivity index (χ1n) is 10.8. The number of fused-ring (bicyclic) bond motifs is 2. The molecular formula is C25H22FN5O3. The maximum atomic E-state index is 15.0. The lowest BCUT2D eigenvalue weighted by molar-refractivity contribution is 0.0687. The van der Waals surface area contributed by atoms with Crippen LogP contribution in [0.3, 0.4) is 0 Å². The number of hydrogen-bond acceptors (Lipinski definition) is 4. The molecule has 1 aliphatic rings. The largest absolute Gasteiger partial charge is 0.477 e. The Morgan fingerprint density at radius 3 is 2.62 bits per heavy atom. The predicted octanol–water partition coefficient (Wildman–Crippen LogP) is 3.24. The molecule has 2 heterocycles. The van der Waals surface area contributed by atoms with Crippen LogP contribution in [-0.4, -0.2) is 26.5 Å². The van der Waals surface area contributed by atoms with Crippen LogP contribution in [0.1, 0.15) is 39.2 Å². The summed E-state index contributed by atoms with van der Waals surface area (Å²) >= 11 is 0. The molecule has 0 radical (unpaired) electrons. The topological polar surface area (TPSA) is 151 Å². The van der Waals surface area contributed by atoms with Gasteiger partial charge in [0.05, 0.1) is 6.54 Å². The van der Waals surface area contributed by atoms with Gasteiger partial charge in [-0.25, -0.2) is 9.18 Å². The number of nitrogen functional groups attached to an aromatic ring is 2. The van der Waals surface area contributed by atoms with E-state index in [1.807, 2.05) is 12.1 Å². The molecule has 0 saturated carbocycles. The molecule has 172 valence electrons. The van der Waals surface area contributed by atoms with E-state index >= 15 is 0 Å². The maximum absolute atomic E-state index is 15.0. The van der Waals surface area contributed by atoms with Crippen molar-refractivity contribution in [3.63, 3.8) is 0 Å². The Morgan fingerprint density at radius 1 is 1.21 bits per heavy atom. The smallest absolute Gasteiger partial charge is 0.353 e. The maximum Gasteiger partial charge on any atom is 0.353 e. The Balaban J connectivity index is 1.82. The molecule has 0 spiro atoms. The first-order chi connectivity index (χ1) is 16.3. The van der Waals surface area contributed by atoms with Crippen molar-refractivity contribution >= 4 is 28.4 Å². The van der Waals surface area contributed by atoms with Gasteiger partial charge in [-0.2, -0.15) is 0 Å². The van der Waals surface area contributed by atoms with Gasteiger partial charge in [0.2, 0.25) is 0 Å². The predicted molar refractivity (Wildman–Crippen MR) is 128 cm³/mol. The number of nitrogens with two attached hydrogens (primary N) is 2. The number of carboxylic acids is 1. The van der Waals surface area contributed by atoms with E-state index in [1.54, 1.807) is 12.1 Å². The molecule has 0 aliphatic heterocycles. The number of rotatable bonds is 5. The fraction of sp³-hybridized carbons (Fsp3) is 0.160. The van der Waals surface area contributed by atoms with Crippen LogP contribution in [0.5, 0.6) is 0 Å². The minimum absolute atomic E-state index is 0.0754. The number of aryl methyl sites for hydroxylation is 2. The Bertz CT molecular complexity index is 1570. The van der Waals surface area contributed by atoms with Crippen molar-refractivity contribution in [2.45, 2.75) is 25.8 Å². The first-order valence-corrected chi connectivity index (χ1v) is 10.8. The second-order valence-electron chi connectivity index (χ2n) is 8.46. The lowest BCUT2D eigenvalue weighted by atomic mass is 10.00. The highest BCUT2D eigenvalue weighted by atomic mass is 19.1. The van der Waals surface area contributed by atoms with Gasteiger partial charge in [0.1, 0.15) is 17.3 Å². The molecule has 4 aromatic rings. The average Bonchev–Trinajstić information content (AvgIpc) is 3.37. The van der Waals surface area contributed by atoms with Crippen LogP contribution in [0.2, 0.25) is 0 Å². The van der Waals surface area contributed by atoms with E-state index in [9.17, 15) is 19.1 Å². The van der Waals surface area contributed by atoms with Gasteiger partial charge in [-0.1, -0.05) is 0 Å². The summed E-state index contributed by atoms with van der Waals surface area (Å²) in [4.78, 5) is 27.8. The quantitative estimate of drug-likeness (QED) is 0.176. The number of nitrogens with one attached hydrogen (secondary N) is 2. The highest BCUT2D eigenvalue weighted by Gasteiger charge is 2.27. The second-order valence-corrected chi connectivity index (χ2v) is 8.46. The Kier molecular flexibility index (Phi) is 4.97. The Morgan fingerprint density at radius 2 is 1.94 bits per heavy atom. The van der Waals surface area contributed by atoms with E-state index in [-0.39, 0.29) is 40.5 Å². The van der Waals surface area contributed by atoms with Crippen molar-refractivity contribution in [1.82, 2.24) is 9.55 Å². The van der Waals surface area contributed by atoms with E-state index < -0.39 is 17.3 Å². The van der Waals surface area contributed by atoms with Crippen molar-refractivity contribution in [2.75, 3.05) is 5.73 Å². The van der Waals surface area contributed by atoms with Gasteiger partial charge < -0.3 is 26.1 Å². The summed E-state index contributed by atoms with van der Waals surface area (Å²) in [5.41, 5.74) is 14.7. The highest BCUT2D eigenvalue weighted by Crippen LogP contribution is 2.38. The fourth-order valence-electron chi connectivity index (χ4n) is 4.86. The highest BCUT2D eigenvalue weighted by molar-refractivity contribution is 6.08. The van der Waals surface area contributed by atoms with E-state index in [0.717, 1.165) is 36.5 Å². The normalized spacial score (nSPS) is 12.7. The molecule has 1 aliphatic carbocycles. The molecule has 2 aromatic heterocycles. The number of H-pyrrole nitrogens is 1. The van der Waals surface area contributed by atoms with Crippen molar-refractivity contribution in [3.8, 4) is 11.1 Å². The molecular weight excluding hydrogens is 437 g/mol. The molecule has 34 heavy (non-hydrogen) atoms. The molecule has 0 unspecified atom stereocenters. The van der Waals surface area contributed by atoms with Crippen molar-refractivity contribution in [2.24, 2.45) is 5.73 Å². The van der Waals surface area contributed by atoms with E-state index in [2.05, 4.69) is 4.98 Å². The number of hydrogen-bond donors (Lipinski definition) is 5. The number of amidine groups is 1. The number of aromatic amines is 1. The monoisotopic (exact) mass is 459 g/mol. The molecule has 0 bridgehead atoms. The third-order valence-corrected chi connectivity index (χ3v) is 6.40. The van der Waals surface area contributed by atoms with Crippen LogP contribution in [0.15, 0.2) is 47.4 Å². The SMILES string of the molecule is N=C(N)c1cc(F)c(Cn2c(C(=O)O)c(-c3ccc[nH]c3=O)c3cc4c(cc32)CCC4)cc1N. The zero-order valence-electron chi connectivity index (χ0n) is 18.1. The molecule has 2 aromatic carbocycles. The number of nitrogens with zero attached hydrogens (tertiary/aromatic N) is 1. The van der Waals surface area contributed by atoms with Crippen LogP contribution < -0.4 is 17.0 Å². The summed E-state index contributed by atoms with van der Waals surface area (Å²) in [5.74, 6) is -2.25. The number of aromatic nitrogens is 2. The minimum atomic E-state index is -1.23. The molecule has 9 heteroatoms. The Hall–Kier alpha value is -4.40. The van der Waals surface area contributed by atoms with Crippen LogP contribution >= 0.6 is 0 Å². The fourth-order valence-corrected chi connectivity index (χ4v) is 4.86.